The van der Waals surface area contributed by atoms with Crippen molar-refractivity contribution in [2.45, 2.75) is 25.5 Å². The summed E-state index contributed by atoms with van der Waals surface area (Å²) in [5.41, 5.74) is 0.498. The smallest absolute Gasteiger partial charge is 0.316 e. The minimum Gasteiger partial charge on any atom is -0.468 e. The van der Waals surface area contributed by atoms with Crippen LogP contribution < -0.4 is 0 Å². The number of carbonyl (C=O) groups excluding carboxylic acids is 1. The highest BCUT2D eigenvalue weighted by Gasteiger charge is 2.15. The third-order valence-corrected chi connectivity index (χ3v) is 3.13. The number of rotatable bonds is 6. The molecule has 0 aliphatic rings. The molecule has 0 saturated heterocycles. The fourth-order valence-corrected chi connectivity index (χ4v) is 2.06. The Kier molecular flexibility index (Phi) is 4.78. The minimum atomic E-state index is -0.351. The first-order valence-electron chi connectivity index (χ1n) is 6.07. The van der Waals surface area contributed by atoms with Gasteiger partial charge in [-0.15, -0.1) is 10.2 Å². The van der Waals surface area contributed by atoms with E-state index in [1.54, 1.807) is 6.07 Å². The van der Waals surface area contributed by atoms with E-state index in [9.17, 15) is 4.79 Å². The number of ether oxygens (including phenoxy) is 1. The molecular weight excluding hydrogens is 282 g/mol. The minimum absolute atomic E-state index is 0.121. The summed E-state index contributed by atoms with van der Waals surface area (Å²) in [6.07, 6.45) is 0.797. The summed E-state index contributed by atoms with van der Waals surface area (Å²) in [4.78, 5) is 11.0. The van der Waals surface area contributed by atoms with E-state index in [4.69, 9.17) is 8.94 Å². The third kappa shape index (κ3) is 3.83. The number of esters is 1. The van der Waals surface area contributed by atoms with Gasteiger partial charge in [0.25, 0.3) is 11.1 Å². The maximum Gasteiger partial charge on any atom is 0.316 e. The van der Waals surface area contributed by atoms with Crippen molar-refractivity contribution in [3.05, 3.63) is 11.8 Å². The van der Waals surface area contributed by atoms with Crippen LogP contribution in [0, 0.1) is 5.92 Å². The van der Waals surface area contributed by atoms with Gasteiger partial charge in [0.15, 0.2) is 5.69 Å². The van der Waals surface area contributed by atoms with Crippen LogP contribution in [-0.4, -0.2) is 34.2 Å². The molecule has 0 atom stereocenters. The van der Waals surface area contributed by atoms with Crippen LogP contribution >= 0.6 is 11.8 Å². The number of thioether (sulfide) groups is 1. The van der Waals surface area contributed by atoms with Crippen molar-refractivity contribution < 1.29 is 18.5 Å². The molecule has 0 aromatic carbocycles. The predicted molar refractivity (Wildman–Crippen MR) is 71.1 cm³/mol. The largest absolute Gasteiger partial charge is 0.468 e. The summed E-state index contributed by atoms with van der Waals surface area (Å²) in [6.45, 7) is 4.19. The van der Waals surface area contributed by atoms with E-state index >= 15 is 0 Å². The van der Waals surface area contributed by atoms with Gasteiger partial charge in [0.1, 0.15) is 11.5 Å². The van der Waals surface area contributed by atoms with Gasteiger partial charge in [-0.1, -0.05) is 30.8 Å². The van der Waals surface area contributed by atoms with Gasteiger partial charge in [-0.3, -0.25) is 4.79 Å². The average Bonchev–Trinajstić information content (AvgIpc) is 3.03. The van der Waals surface area contributed by atoms with Gasteiger partial charge < -0.3 is 13.7 Å². The summed E-state index contributed by atoms with van der Waals surface area (Å²) in [6, 6.07) is 1.78. The van der Waals surface area contributed by atoms with E-state index in [1.807, 2.05) is 0 Å². The first-order valence-corrected chi connectivity index (χ1v) is 7.06. The van der Waals surface area contributed by atoms with Gasteiger partial charge in [0.05, 0.1) is 7.11 Å². The summed E-state index contributed by atoms with van der Waals surface area (Å²) < 4.78 is 15.1. The van der Waals surface area contributed by atoms with Crippen molar-refractivity contribution in [2.24, 2.45) is 5.92 Å². The Labute approximate surface area is 120 Å². The number of aromatic nitrogens is 3. The highest BCUT2D eigenvalue weighted by Crippen LogP contribution is 2.23. The highest BCUT2D eigenvalue weighted by atomic mass is 32.2. The molecule has 0 aliphatic carbocycles. The monoisotopic (exact) mass is 297 g/mol. The molecule has 108 valence electrons. The van der Waals surface area contributed by atoms with Gasteiger partial charge in [0, 0.05) is 12.5 Å². The van der Waals surface area contributed by atoms with Crippen LogP contribution in [0.2, 0.25) is 0 Å². The molecule has 2 aromatic heterocycles. The number of nitrogens with zero attached hydrogens (tertiary/aromatic N) is 3. The zero-order chi connectivity index (χ0) is 14.5. The predicted octanol–water partition coefficient (Wildman–Crippen LogP) is 2.19. The maximum atomic E-state index is 11.0. The van der Waals surface area contributed by atoms with E-state index in [0.717, 1.165) is 23.9 Å². The van der Waals surface area contributed by atoms with Gasteiger partial charge >= 0.3 is 5.97 Å². The van der Waals surface area contributed by atoms with Gasteiger partial charge in [-0.05, 0) is 5.92 Å². The van der Waals surface area contributed by atoms with Crippen LogP contribution in [0.1, 0.15) is 19.6 Å². The zero-order valence-corrected chi connectivity index (χ0v) is 12.3. The fraction of sp³-hybridized carbons (Fsp3) is 0.500. The highest BCUT2D eigenvalue weighted by molar-refractivity contribution is 7.99. The molecule has 0 amide bonds. The zero-order valence-electron chi connectivity index (χ0n) is 11.5. The number of hydrogen-bond donors (Lipinski definition) is 0. The maximum absolute atomic E-state index is 11.0. The van der Waals surface area contributed by atoms with E-state index in [1.165, 1.54) is 7.11 Å². The molecule has 2 heterocycles. The summed E-state index contributed by atoms with van der Waals surface area (Å²) in [7, 11) is 1.33. The molecule has 0 saturated carbocycles. The van der Waals surface area contributed by atoms with Gasteiger partial charge in [0.2, 0.25) is 0 Å². The second kappa shape index (κ2) is 6.56. The van der Waals surface area contributed by atoms with E-state index < -0.39 is 0 Å². The molecule has 8 heteroatoms. The molecule has 2 aromatic rings. The lowest BCUT2D eigenvalue weighted by Gasteiger charge is -1.96. The van der Waals surface area contributed by atoms with Crippen molar-refractivity contribution in [1.29, 1.82) is 0 Å². The molecule has 0 spiro atoms. The van der Waals surface area contributed by atoms with E-state index in [2.05, 4.69) is 33.9 Å². The Morgan fingerprint density at radius 2 is 2.25 bits per heavy atom. The number of hydrogen-bond acceptors (Lipinski definition) is 8. The molecular formula is C12H15N3O4S. The molecule has 2 rings (SSSR count). The third-order valence-electron chi connectivity index (χ3n) is 2.34. The van der Waals surface area contributed by atoms with E-state index in [0.29, 0.717) is 16.8 Å². The first kappa shape index (κ1) is 14.6. The van der Waals surface area contributed by atoms with Gasteiger partial charge in [-0.2, -0.15) is 0 Å². The Hall–Kier alpha value is -1.83. The quantitative estimate of drug-likeness (QED) is 0.592. The van der Waals surface area contributed by atoms with Crippen LogP contribution in [0.4, 0.5) is 0 Å². The van der Waals surface area contributed by atoms with E-state index in [-0.39, 0.29) is 17.6 Å². The van der Waals surface area contributed by atoms with Crippen LogP contribution in [0.5, 0.6) is 0 Å². The molecule has 0 radical (unpaired) electrons. The van der Waals surface area contributed by atoms with Crippen molar-refractivity contribution in [3.63, 3.8) is 0 Å². The Balaban J connectivity index is 2.01. The number of carbonyl (C=O) groups is 1. The van der Waals surface area contributed by atoms with Crippen molar-refractivity contribution in [2.75, 3.05) is 12.9 Å². The Bertz CT molecular complexity index is 579. The van der Waals surface area contributed by atoms with Crippen LogP contribution in [-0.2, 0) is 16.0 Å². The Morgan fingerprint density at radius 1 is 1.45 bits per heavy atom. The molecule has 7 nitrogen and oxygen atoms in total. The van der Waals surface area contributed by atoms with Crippen molar-refractivity contribution in [1.82, 2.24) is 15.4 Å². The SMILES string of the molecule is COC(=O)CSc1nnc(-c2cc(CC(C)C)on2)o1. The summed E-state index contributed by atoms with van der Waals surface area (Å²) in [5.74, 6) is 1.29. The van der Waals surface area contributed by atoms with Crippen molar-refractivity contribution in [3.8, 4) is 11.6 Å². The van der Waals surface area contributed by atoms with Gasteiger partial charge in [-0.25, -0.2) is 0 Å². The lowest BCUT2D eigenvalue weighted by molar-refractivity contribution is -0.137. The van der Waals surface area contributed by atoms with Crippen molar-refractivity contribution >= 4 is 17.7 Å². The second-order valence-corrected chi connectivity index (χ2v) is 5.44. The topological polar surface area (TPSA) is 91.2 Å². The fourth-order valence-electron chi connectivity index (χ4n) is 1.46. The Morgan fingerprint density at radius 3 is 2.95 bits per heavy atom. The number of methoxy groups -OCH3 is 1. The molecule has 0 N–H and O–H groups in total. The average molecular weight is 297 g/mol. The molecule has 20 heavy (non-hydrogen) atoms. The van der Waals surface area contributed by atoms with Crippen LogP contribution in [0.15, 0.2) is 20.2 Å². The second-order valence-electron chi connectivity index (χ2n) is 4.51. The normalized spacial score (nSPS) is 11.0. The molecule has 0 fully saturated rings. The molecule has 0 bridgehead atoms. The molecule has 0 unspecified atom stereocenters. The first-order chi connectivity index (χ1) is 9.58. The summed E-state index contributed by atoms with van der Waals surface area (Å²) >= 11 is 1.11. The summed E-state index contributed by atoms with van der Waals surface area (Å²) in [5, 5.41) is 11.9. The lowest BCUT2D eigenvalue weighted by Crippen LogP contribution is -2.02. The standard InChI is InChI=1S/C12H15N3O4S/c1-7(2)4-8-5-9(15-19-8)11-13-14-12(18-11)20-6-10(16)17-3/h5,7H,4,6H2,1-3H3. The lowest BCUT2D eigenvalue weighted by atomic mass is 10.1. The van der Waals surface area contributed by atoms with Crippen LogP contribution in [0.3, 0.4) is 0 Å². The van der Waals surface area contributed by atoms with Crippen LogP contribution in [0.25, 0.3) is 11.6 Å². The molecule has 0 aliphatic heterocycles.